The van der Waals surface area contributed by atoms with Crippen molar-refractivity contribution in [2.75, 3.05) is 46.8 Å². The van der Waals surface area contributed by atoms with Crippen LogP contribution in [0.1, 0.15) is 25.7 Å². The summed E-state index contributed by atoms with van der Waals surface area (Å²) in [4.78, 5) is 18.2. The van der Waals surface area contributed by atoms with Gasteiger partial charge in [0.05, 0.1) is 0 Å². The molecule has 2 heterocycles. The number of nitrogens with zero attached hydrogens (tertiary/aromatic N) is 3. The summed E-state index contributed by atoms with van der Waals surface area (Å²) in [5, 5.41) is 9.25. The molecular formula is C14H27N3O2. The highest BCUT2D eigenvalue weighted by Crippen LogP contribution is 2.26. The Hall–Kier alpha value is -0.650. The summed E-state index contributed by atoms with van der Waals surface area (Å²) in [5.41, 5.74) is 0. The molecule has 5 nitrogen and oxygen atoms in total. The lowest BCUT2D eigenvalue weighted by molar-refractivity contribution is -0.143. The van der Waals surface area contributed by atoms with E-state index in [1.165, 1.54) is 0 Å². The quantitative estimate of drug-likeness (QED) is 0.790. The Morgan fingerprint density at radius 2 is 1.89 bits per heavy atom. The van der Waals surface area contributed by atoms with Crippen molar-refractivity contribution in [3.8, 4) is 0 Å². The Bertz CT molecular complexity index is 301. The van der Waals surface area contributed by atoms with Crippen molar-refractivity contribution < 1.29 is 9.90 Å². The van der Waals surface area contributed by atoms with Crippen molar-refractivity contribution in [1.29, 1.82) is 0 Å². The van der Waals surface area contributed by atoms with E-state index in [0.29, 0.717) is 6.04 Å². The summed E-state index contributed by atoms with van der Waals surface area (Å²) in [5.74, 6) is -0.632. The minimum atomic E-state index is -0.632. The number of hydrogen-bond donors (Lipinski definition) is 1. The molecule has 0 aromatic carbocycles. The smallest absolute Gasteiger partial charge is 0.320 e. The second-order valence-electron chi connectivity index (χ2n) is 6.11. The number of carboxylic acids is 1. The zero-order valence-electron chi connectivity index (χ0n) is 12.2. The van der Waals surface area contributed by atoms with Gasteiger partial charge in [0.25, 0.3) is 0 Å². The van der Waals surface area contributed by atoms with Crippen LogP contribution in [0.25, 0.3) is 0 Å². The average Bonchev–Trinajstić information content (AvgIpc) is 2.86. The molecule has 0 bridgehead atoms. The van der Waals surface area contributed by atoms with Crippen molar-refractivity contribution >= 4 is 5.97 Å². The van der Waals surface area contributed by atoms with Crippen LogP contribution in [0.3, 0.4) is 0 Å². The molecule has 0 aromatic rings. The van der Waals surface area contributed by atoms with E-state index in [-0.39, 0.29) is 6.04 Å². The first-order valence-electron chi connectivity index (χ1n) is 7.43. The van der Waals surface area contributed by atoms with Gasteiger partial charge >= 0.3 is 5.97 Å². The van der Waals surface area contributed by atoms with Gasteiger partial charge in [0.15, 0.2) is 0 Å². The molecule has 110 valence electrons. The van der Waals surface area contributed by atoms with Crippen LogP contribution in [0.2, 0.25) is 0 Å². The molecule has 1 atom stereocenters. The Labute approximate surface area is 116 Å². The van der Waals surface area contributed by atoms with Crippen molar-refractivity contribution in [1.82, 2.24) is 14.7 Å². The fourth-order valence-electron chi connectivity index (χ4n) is 3.31. The minimum absolute atomic E-state index is 0.224. The Morgan fingerprint density at radius 3 is 2.47 bits per heavy atom. The third-order valence-corrected chi connectivity index (χ3v) is 4.47. The summed E-state index contributed by atoms with van der Waals surface area (Å²) >= 11 is 0. The summed E-state index contributed by atoms with van der Waals surface area (Å²) in [6.45, 7) is 5.43. The Kier molecular flexibility index (Phi) is 5.19. The van der Waals surface area contributed by atoms with E-state index in [1.807, 2.05) is 0 Å². The van der Waals surface area contributed by atoms with Gasteiger partial charge in [-0.3, -0.25) is 9.69 Å². The van der Waals surface area contributed by atoms with Crippen LogP contribution in [0.5, 0.6) is 0 Å². The van der Waals surface area contributed by atoms with Crippen LogP contribution < -0.4 is 0 Å². The number of hydrogen-bond acceptors (Lipinski definition) is 4. The molecule has 0 amide bonds. The monoisotopic (exact) mass is 269 g/mol. The number of rotatable bonds is 5. The van der Waals surface area contributed by atoms with Crippen LogP contribution in [0, 0.1) is 0 Å². The number of carbonyl (C=O) groups is 1. The third kappa shape index (κ3) is 3.91. The van der Waals surface area contributed by atoms with Crippen LogP contribution in [0.4, 0.5) is 0 Å². The van der Waals surface area contributed by atoms with E-state index >= 15 is 0 Å². The molecule has 0 spiro atoms. The molecular weight excluding hydrogens is 242 g/mol. The fourth-order valence-corrected chi connectivity index (χ4v) is 3.31. The zero-order valence-corrected chi connectivity index (χ0v) is 12.2. The van der Waals surface area contributed by atoms with Crippen LogP contribution in [-0.4, -0.2) is 84.7 Å². The van der Waals surface area contributed by atoms with Crippen molar-refractivity contribution in [3.05, 3.63) is 0 Å². The van der Waals surface area contributed by atoms with E-state index in [9.17, 15) is 9.90 Å². The largest absolute Gasteiger partial charge is 0.480 e. The second kappa shape index (κ2) is 6.68. The maximum Gasteiger partial charge on any atom is 0.320 e. The molecule has 5 heteroatoms. The number of aliphatic carboxylic acids is 1. The molecule has 2 fully saturated rings. The van der Waals surface area contributed by atoms with Gasteiger partial charge in [-0.05, 0) is 59.4 Å². The van der Waals surface area contributed by atoms with Gasteiger partial charge in [-0.25, -0.2) is 0 Å². The highest BCUT2D eigenvalue weighted by molar-refractivity contribution is 5.73. The molecule has 19 heavy (non-hydrogen) atoms. The molecule has 2 aliphatic heterocycles. The number of likely N-dealkylation sites (N-methyl/N-ethyl adjacent to an activating group) is 1. The first kappa shape index (κ1) is 14.8. The summed E-state index contributed by atoms with van der Waals surface area (Å²) < 4.78 is 0. The van der Waals surface area contributed by atoms with Crippen LogP contribution in [0.15, 0.2) is 0 Å². The first-order chi connectivity index (χ1) is 9.08. The molecule has 0 radical (unpaired) electrons. The SMILES string of the molecule is CN(C)CCN1CCC(N2CCCC2C(=O)O)CC1. The maximum absolute atomic E-state index is 11.2. The highest BCUT2D eigenvalue weighted by atomic mass is 16.4. The maximum atomic E-state index is 11.2. The summed E-state index contributed by atoms with van der Waals surface area (Å²) in [7, 11) is 4.21. The average molecular weight is 269 g/mol. The number of likely N-dealkylation sites (tertiary alicyclic amines) is 2. The Morgan fingerprint density at radius 1 is 1.21 bits per heavy atom. The normalized spacial score (nSPS) is 27.2. The van der Waals surface area contributed by atoms with E-state index < -0.39 is 5.97 Å². The Balaban J connectivity index is 1.78. The third-order valence-electron chi connectivity index (χ3n) is 4.47. The van der Waals surface area contributed by atoms with Gasteiger partial charge in [-0.1, -0.05) is 0 Å². The minimum Gasteiger partial charge on any atom is -0.480 e. The van der Waals surface area contributed by atoms with Gasteiger partial charge in [-0.2, -0.15) is 0 Å². The van der Waals surface area contributed by atoms with E-state index in [4.69, 9.17) is 0 Å². The standard InChI is InChI=1S/C14H27N3O2/c1-15(2)10-11-16-8-5-12(6-9-16)17-7-3-4-13(17)14(18)19/h12-13H,3-11H2,1-2H3,(H,18,19). The molecule has 1 unspecified atom stereocenters. The predicted molar refractivity (Wildman–Crippen MR) is 75.4 cm³/mol. The predicted octanol–water partition coefficient (Wildman–Crippen LogP) is 0.561. The lowest BCUT2D eigenvalue weighted by Gasteiger charge is -2.38. The molecule has 2 aliphatic rings. The number of piperidine rings is 1. The van der Waals surface area contributed by atoms with Gasteiger partial charge < -0.3 is 14.9 Å². The molecule has 0 aliphatic carbocycles. The molecule has 0 saturated carbocycles. The van der Waals surface area contributed by atoms with Crippen LogP contribution >= 0.6 is 0 Å². The molecule has 1 N–H and O–H groups in total. The van der Waals surface area contributed by atoms with Gasteiger partial charge in [0.2, 0.25) is 0 Å². The molecule has 2 saturated heterocycles. The molecule has 2 rings (SSSR count). The summed E-state index contributed by atoms with van der Waals surface area (Å²) in [6, 6.07) is 0.262. The van der Waals surface area contributed by atoms with E-state index in [2.05, 4.69) is 28.8 Å². The second-order valence-corrected chi connectivity index (χ2v) is 6.11. The topological polar surface area (TPSA) is 47.0 Å². The lowest BCUT2D eigenvalue weighted by Crippen LogP contribution is -2.49. The lowest BCUT2D eigenvalue weighted by atomic mass is 10.0. The fraction of sp³-hybridized carbons (Fsp3) is 0.929. The van der Waals surface area contributed by atoms with Gasteiger partial charge in [0.1, 0.15) is 6.04 Å². The first-order valence-corrected chi connectivity index (χ1v) is 7.43. The molecule has 0 aromatic heterocycles. The van der Waals surface area contributed by atoms with Crippen molar-refractivity contribution in [2.24, 2.45) is 0 Å². The van der Waals surface area contributed by atoms with E-state index in [0.717, 1.165) is 58.4 Å². The van der Waals surface area contributed by atoms with Gasteiger partial charge in [-0.15, -0.1) is 0 Å². The van der Waals surface area contributed by atoms with E-state index in [1.54, 1.807) is 0 Å². The van der Waals surface area contributed by atoms with Crippen molar-refractivity contribution in [2.45, 2.75) is 37.8 Å². The zero-order chi connectivity index (χ0) is 13.8. The summed E-state index contributed by atoms with van der Waals surface area (Å²) in [6.07, 6.45) is 4.11. The highest BCUT2D eigenvalue weighted by Gasteiger charge is 2.36. The van der Waals surface area contributed by atoms with Crippen LogP contribution in [-0.2, 0) is 4.79 Å². The number of carboxylic acid groups (broad SMARTS) is 1. The van der Waals surface area contributed by atoms with Crippen molar-refractivity contribution in [3.63, 3.8) is 0 Å². The van der Waals surface area contributed by atoms with Gasteiger partial charge in [0, 0.05) is 19.1 Å².